The van der Waals surface area contributed by atoms with E-state index in [1.54, 1.807) is 5.57 Å². The molecule has 13 atom stereocenters. The summed E-state index contributed by atoms with van der Waals surface area (Å²) in [5.74, 6) is 5.48. The zero-order valence-corrected chi connectivity index (χ0v) is 34.4. The van der Waals surface area contributed by atoms with Gasteiger partial charge in [-0.05, 0) is 129 Å². The number of rotatable bonds is 19. The summed E-state index contributed by atoms with van der Waals surface area (Å²) in [6.45, 7) is 14.8. The molecule has 5 aliphatic carbocycles. The van der Waals surface area contributed by atoms with Crippen LogP contribution in [0.2, 0.25) is 0 Å². The minimum Gasteiger partial charge on any atom is -0.462 e. The van der Waals surface area contributed by atoms with Crippen molar-refractivity contribution in [3.05, 3.63) is 36.0 Å². The lowest BCUT2D eigenvalue weighted by molar-refractivity contribution is -0.337. The van der Waals surface area contributed by atoms with Gasteiger partial charge in [-0.25, -0.2) is 14.7 Å². The first-order valence-corrected chi connectivity index (χ1v) is 22.4. The molecule has 4 saturated carbocycles. The Kier molecular flexibility index (Phi) is 14.5. The molecule has 1 aliphatic heterocycles. The van der Waals surface area contributed by atoms with E-state index in [1.807, 2.05) is 6.08 Å². The molecule has 1 saturated heterocycles. The van der Waals surface area contributed by atoms with Crippen molar-refractivity contribution in [2.24, 2.45) is 58.2 Å². The van der Waals surface area contributed by atoms with Gasteiger partial charge in [0.25, 0.3) is 0 Å². The van der Waals surface area contributed by atoms with Gasteiger partial charge in [0.1, 0.15) is 18.3 Å². The van der Waals surface area contributed by atoms with Gasteiger partial charge in [0.05, 0.1) is 6.10 Å². The highest BCUT2D eigenvalue weighted by molar-refractivity contribution is 5.69. The van der Waals surface area contributed by atoms with E-state index in [0.29, 0.717) is 18.3 Å². The smallest absolute Gasteiger partial charge is 0.306 e. The van der Waals surface area contributed by atoms with Gasteiger partial charge in [-0.1, -0.05) is 110 Å². The Hall–Kier alpha value is -1.47. The Morgan fingerprint density at radius 3 is 2.60 bits per heavy atom. The van der Waals surface area contributed by atoms with Crippen molar-refractivity contribution in [3.63, 3.8) is 0 Å². The predicted octanol–water partition coefficient (Wildman–Crippen LogP) is 12.4. The van der Waals surface area contributed by atoms with Gasteiger partial charge in [0.15, 0.2) is 0 Å². The molecule has 0 aromatic rings. The highest BCUT2D eigenvalue weighted by atomic mass is 17.2. The molecule has 1 heterocycles. The second kappa shape index (κ2) is 18.6. The molecule has 6 nitrogen and oxygen atoms in total. The lowest BCUT2D eigenvalue weighted by atomic mass is 9.47. The van der Waals surface area contributed by atoms with Gasteiger partial charge in [0, 0.05) is 25.2 Å². The summed E-state index contributed by atoms with van der Waals surface area (Å²) in [6.07, 6.45) is 33.2. The predicted molar refractivity (Wildman–Crippen MR) is 213 cm³/mol. The normalized spacial score (nSPS) is 38.9. The highest BCUT2D eigenvalue weighted by Crippen LogP contribution is 2.67. The van der Waals surface area contributed by atoms with Gasteiger partial charge in [-0.15, -0.1) is 0 Å². The van der Waals surface area contributed by atoms with Crippen LogP contribution in [0.4, 0.5) is 0 Å². The van der Waals surface area contributed by atoms with Gasteiger partial charge in [0.2, 0.25) is 0 Å². The number of allylic oxidation sites excluding steroid dienone is 2. The summed E-state index contributed by atoms with van der Waals surface area (Å²) in [5, 5.41) is 9.51. The minimum atomic E-state index is -0.373. The van der Waals surface area contributed by atoms with E-state index in [0.717, 1.165) is 80.5 Å². The van der Waals surface area contributed by atoms with Gasteiger partial charge < -0.3 is 4.74 Å². The Labute approximate surface area is 323 Å². The zero-order valence-electron chi connectivity index (χ0n) is 34.4. The molecule has 0 radical (unpaired) electrons. The zero-order chi connectivity index (χ0) is 37.6. The molecular weight excluding hydrogens is 661 g/mol. The number of fused-ring (bicyclic) bond motifs is 7. The standard InChI is InChI=1S/C47H76O6/c1-7-8-9-10-11-12-17-35(51-49)21-23-38-37(43-31-44(38)53-52-43)18-14-19-45(48)50-36-26-28-46(5)34(30-36)20-22-39-41-25-24-40(33(4)16-13-15-32(2)3)47(41,6)29-27-42(39)46/h11-12,20-21,23,32-33,35-44,49H,7-10,13-19,22,24-31H2,1-6H3/b12-11-,23-21+/t33-,35?,36+,37?,38?,39+,40-,41+,42+,43+,44-,46+,47-/m1/s1. The topological polar surface area (TPSA) is 74.2 Å². The van der Waals surface area contributed by atoms with E-state index in [-0.39, 0.29) is 47.6 Å². The first-order chi connectivity index (χ1) is 25.6. The fourth-order valence-corrected chi connectivity index (χ4v) is 12.8. The highest BCUT2D eigenvalue weighted by Gasteiger charge is 2.59. The van der Waals surface area contributed by atoms with Crippen molar-refractivity contribution in [2.75, 3.05) is 0 Å². The Balaban J connectivity index is 0.961. The van der Waals surface area contributed by atoms with Crippen LogP contribution in [0.5, 0.6) is 0 Å². The maximum absolute atomic E-state index is 13.2. The summed E-state index contributed by atoms with van der Waals surface area (Å²) in [7, 11) is 0. The lowest BCUT2D eigenvalue weighted by Crippen LogP contribution is -2.51. The minimum absolute atomic E-state index is 0.0146. The van der Waals surface area contributed by atoms with Crippen molar-refractivity contribution in [3.8, 4) is 0 Å². The summed E-state index contributed by atoms with van der Waals surface area (Å²) in [6, 6.07) is 0. The summed E-state index contributed by atoms with van der Waals surface area (Å²) in [4.78, 5) is 29.2. The van der Waals surface area contributed by atoms with E-state index in [4.69, 9.17) is 19.4 Å². The van der Waals surface area contributed by atoms with Gasteiger partial charge >= 0.3 is 5.97 Å². The number of carbonyl (C=O) groups is 1. The lowest BCUT2D eigenvalue weighted by Gasteiger charge is -2.58. The maximum Gasteiger partial charge on any atom is 0.306 e. The van der Waals surface area contributed by atoms with E-state index in [2.05, 4.69) is 65.8 Å². The van der Waals surface area contributed by atoms with Crippen LogP contribution in [0.25, 0.3) is 0 Å². The number of hydrogen-bond acceptors (Lipinski definition) is 6. The number of ether oxygens (including phenoxy) is 1. The Morgan fingerprint density at radius 1 is 0.981 bits per heavy atom. The van der Waals surface area contributed by atoms with Crippen LogP contribution in [0.3, 0.4) is 0 Å². The molecule has 0 aromatic carbocycles. The molecule has 1 N–H and O–H groups in total. The SMILES string of the molecule is CCCCC/C=C\CC(/C=C/C1C(CCCC(=O)O[C@H]2CC[C@@]3(C)C(=CC[C@H]4[C@@H]5CC[C@H]([C@H](C)CCCC(C)C)[C@@]5(C)CC[C@@H]43)C2)[C@@H]2C[C@H]1OO2)OO. The number of unbranched alkanes of at least 4 members (excludes halogenated alkanes) is 3. The third kappa shape index (κ3) is 9.40. The van der Waals surface area contributed by atoms with Crippen LogP contribution in [-0.4, -0.2) is 35.6 Å². The average molecular weight is 737 g/mol. The van der Waals surface area contributed by atoms with Crippen molar-refractivity contribution in [1.82, 2.24) is 0 Å². The third-order valence-electron chi connectivity index (χ3n) is 15.8. The molecular formula is C47H76O6. The summed E-state index contributed by atoms with van der Waals surface area (Å²) >= 11 is 0. The molecule has 6 aliphatic rings. The first kappa shape index (κ1) is 41.2. The molecule has 6 rings (SSSR count). The number of esters is 1. The van der Waals surface area contributed by atoms with Crippen LogP contribution in [0.1, 0.15) is 170 Å². The molecule has 0 spiro atoms. The first-order valence-electron chi connectivity index (χ1n) is 22.4. The number of carbonyl (C=O) groups excluding carboxylic acids is 1. The fraction of sp³-hybridized carbons (Fsp3) is 0.851. The maximum atomic E-state index is 13.2. The van der Waals surface area contributed by atoms with Crippen LogP contribution < -0.4 is 0 Å². The molecule has 3 unspecified atom stereocenters. The van der Waals surface area contributed by atoms with Crippen LogP contribution in [0, 0.1) is 58.2 Å². The monoisotopic (exact) mass is 737 g/mol. The van der Waals surface area contributed by atoms with E-state index >= 15 is 0 Å². The second-order valence-corrected chi connectivity index (χ2v) is 19.5. The largest absolute Gasteiger partial charge is 0.462 e. The molecule has 300 valence electrons. The van der Waals surface area contributed by atoms with Crippen molar-refractivity contribution >= 4 is 5.97 Å². The van der Waals surface area contributed by atoms with E-state index < -0.39 is 0 Å². The summed E-state index contributed by atoms with van der Waals surface area (Å²) < 4.78 is 6.21. The molecule has 0 amide bonds. The quantitative estimate of drug-likeness (QED) is 0.0468. The average Bonchev–Trinajstić information content (AvgIpc) is 3.84. The molecule has 6 heteroatoms. The van der Waals surface area contributed by atoms with Crippen LogP contribution in [0.15, 0.2) is 36.0 Å². The van der Waals surface area contributed by atoms with Gasteiger partial charge in [-0.2, -0.15) is 0 Å². The molecule has 2 bridgehead atoms. The van der Waals surface area contributed by atoms with Crippen molar-refractivity contribution in [2.45, 2.75) is 194 Å². The van der Waals surface area contributed by atoms with Crippen LogP contribution >= 0.6 is 0 Å². The Morgan fingerprint density at radius 2 is 1.81 bits per heavy atom. The van der Waals surface area contributed by atoms with Crippen molar-refractivity contribution in [1.29, 1.82) is 0 Å². The molecule has 53 heavy (non-hydrogen) atoms. The molecule has 0 aromatic heterocycles. The van der Waals surface area contributed by atoms with Crippen molar-refractivity contribution < 1.29 is 29.5 Å². The van der Waals surface area contributed by atoms with E-state index in [9.17, 15) is 10.1 Å². The molecule has 5 fully saturated rings. The summed E-state index contributed by atoms with van der Waals surface area (Å²) in [5.41, 5.74) is 2.38. The fourth-order valence-electron chi connectivity index (χ4n) is 12.8. The second-order valence-electron chi connectivity index (χ2n) is 19.5. The number of hydrogen-bond donors (Lipinski definition) is 1. The third-order valence-corrected chi connectivity index (χ3v) is 15.8. The van der Waals surface area contributed by atoms with E-state index in [1.165, 1.54) is 70.6 Å². The van der Waals surface area contributed by atoms with Crippen LogP contribution in [-0.2, 0) is 24.2 Å². The Bertz CT molecular complexity index is 1270. The van der Waals surface area contributed by atoms with Gasteiger partial charge in [-0.3, -0.25) is 10.1 Å².